The summed E-state index contributed by atoms with van der Waals surface area (Å²) in [6, 6.07) is 9.86. The molecular weight excluding hydrogens is 314 g/mol. The highest BCUT2D eigenvalue weighted by molar-refractivity contribution is 7.88. The third-order valence-corrected chi connectivity index (χ3v) is 4.70. The molecule has 23 heavy (non-hydrogen) atoms. The lowest BCUT2D eigenvalue weighted by Gasteiger charge is -2.35. The predicted molar refractivity (Wildman–Crippen MR) is 90.3 cm³/mol. The first kappa shape index (κ1) is 17.9. The minimum absolute atomic E-state index is 0.0277. The molecule has 1 aromatic carbocycles. The van der Waals surface area contributed by atoms with Crippen LogP contribution in [0, 0.1) is 0 Å². The summed E-state index contributed by atoms with van der Waals surface area (Å²) in [5.74, 6) is -0.0277. The summed E-state index contributed by atoms with van der Waals surface area (Å²) in [5, 5.41) is 2.92. The second kappa shape index (κ2) is 8.42. The number of likely N-dealkylation sites (tertiary alicyclic amines) is 1. The summed E-state index contributed by atoms with van der Waals surface area (Å²) in [5.41, 5.74) is 1.06. The van der Waals surface area contributed by atoms with Gasteiger partial charge in [-0.1, -0.05) is 36.8 Å². The van der Waals surface area contributed by atoms with Crippen molar-refractivity contribution in [3.8, 4) is 0 Å². The van der Waals surface area contributed by atoms with Crippen molar-refractivity contribution in [3.05, 3.63) is 35.9 Å². The normalized spacial score (nSPS) is 19.4. The van der Waals surface area contributed by atoms with Crippen LogP contribution in [-0.4, -0.2) is 51.2 Å². The molecule has 0 bridgehead atoms. The third kappa shape index (κ3) is 6.68. The Morgan fingerprint density at radius 3 is 2.70 bits per heavy atom. The Balaban J connectivity index is 1.82. The van der Waals surface area contributed by atoms with E-state index in [9.17, 15) is 13.2 Å². The van der Waals surface area contributed by atoms with Gasteiger partial charge in [-0.25, -0.2) is 13.1 Å². The van der Waals surface area contributed by atoms with E-state index < -0.39 is 10.0 Å². The summed E-state index contributed by atoms with van der Waals surface area (Å²) in [6.45, 7) is 2.02. The SMILES string of the molecule is CS(=O)(=O)NC[C@H]1CCCCN1CC(=O)NCc1ccccc1. The van der Waals surface area contributed by atoms with Crippen molar-refractivity contribution < 1.29 is 13.2 Å². The molecule has 1 aliphatic heterocycles. The predicted octanol–water partition coefficient (Wildman–Crippen LogP) is 0.707. The van der Waals surface area contributed by atoms with Crippen LogP contribution in [0.2, 0.25) is 0 Å². The summed E-state index contributed by atoms with van der Waals surface area (Å²) < 4.78 is 25.1. The average Bonchev–Trinajstić information content (AvgIpc) is 2.52. The largest absolute Gasteiger partial charge is 0.351 e. The van der Waals surface area contributed by atoms with E-state index in [0.29, 0.717) is 19.6 Å². The van der Waals surface area contributed by atoms with Crippen molar-refractivity contribution in [2.45, 2.75) is 31.8 Å². The van der Waals surface area contributed by atoms with Crippen LogP contribution >= 0.6 is 0 Å². The lowest BCUT2D eigenvalue weighted by atomic mass is 10.0. The van der Waals surface area contributed by atoms with Gasteiger partial charge >= 0.3 is 0 Å². The monoisotopic (exact) mass is 339 g/mol. The van der Waals surface area contributed by atoms with E-state index >= 15 is 0 Å². The van der Waals surface area contributed by atoms with Gasteiger partial charge in [0.05, 0.1) is 12.8 Å². The van der Waals surface area contributed by atoms with Crippen LogP contribution < -0.4 is 10.0 Å². The molecule has 128 valence electrons. The number of amides is 1. The summed E-state index contributed by atoms with van der Waals surface area (Å²) in [7, 11) is -3.20. The number of hydrogen-bond donors (Lipinski definition) is 2. The Hall–Kier alpha value is -1.44. The second-order valence-electron chi connectivity index (χ2n) is 6.00. The third-order valence-electron chi connectivity index (χ3n) is 4.01. The van der Waals surface area contributed by atoms with Crippen LogP contribution in [0.25, 0.3) is 0 Å². The van der Waals surface area contributed by atoms with Gasteiger partial charge in [0.1, 0.15) is 0 Å². The molecule has 0 spiro atoms. The molecule has 0 aromatic heterocycles. The van der Waals surface area contributed by atoms with Crippen molar-refractivity contribution >= 4 is 15.9 Å². The van der Waals surface area contributed by atoms with Gasteiger partial charge in [-0.15, -0.1) is 0 Å². The fourth-order valence-electron chi connectivity index (χ4n) is 2.78. The highest BCUT2D eigenvalue weighted by Crippen LogP contribution is 2.16. The number of carbonyl (C=O) groups is 1. The highest BCUT2D eigenvalue weighted by atomic mass is 32.2. The lowest BCUT2D eigenvalue weighted by Crippen LogP contribution is -2.50. The zero-order valence-corrected chi connectivity index (χ0v) is 14.3. The Bertz CT molecular complexity index is 604. The molecule has 1 aliphatic rings. The topological polar surface area (TPSA) is 78.5 Å². The number of nitrogens with one attached hydrogen (secondary N) is 2. The second-order valence-corrected chi connectivity index (χ2v) is 7.84. The molecule has 0 radical (unpaired) electrons. The maximum Gasteiger partial charge on any atom is 0.234 e. The standard InChI is InChI=1S/C16H25N3O3S/c1-23(21,22)18-12-15-9-5-6-10-19(15)13-16(20)17-11-14-7-3-2-4-8-14/h2-4,7-8,15,18H,5-6,9-13H2,1H3,(H,17,20)/t15-/m1/s1. The van der Waals surface area contributed by atoms with Gasteiger partial charge in [-0.05, 0) is 24.9 Å². The number of sulfonamides is 1. The first-order valence-electron chi connectivity index (χ1n) is 7.93. The first-order valence-corrected chi connectivity index (χ1v) is 9.82. The van der Waals surface area contributed by atoms with Gasteiger partial charge in [-0.3, -0.25) is 9.69 Å². The molecule has 0 unspecified atom stereocenters. The Kier molecular flexibility index (Phi) is 6.56. The maximum atomic E-state index is 12.1. The van der Waals surface area contributed by atoms with E-state index in [-0.39, 0.29) is 11.9 Å². The van der Waals surface area contributed by atoms with E-state index in [1.54, 1.807) is 0 Å². The van der Waals surface area contributed by atoms with Gasteiger partial charge in [0.25, 0.3) is 0 Å². The molecule has 2 N–H and O–H groups in total. The Labute approximate surface area is 138 Å². The van der Waals surface area contributed by atoms with Crippen molar-refractivity contribution in [1.29, 1.82) is 0 Å². The first-order chi connectivity index (χ1) is 10.9. The van der Waals surface area contributed by atoms with Gasteiger partial charge in [-0.2, -0.15) is 0 Å². The Morgan fingerprint density at radius 1 is 1.26 bits per heavy atom. The fraction of sp³-hybridized carbons (Fsp3) is 0.562. The zero-order chi connectivity index (χ0) is 16.7. The molecule has 1 heterocycles. The van der Waals surface area contributed by atoms with Crippen molar-refractivity contribution in [2.24, 2.45) is 0 Å². The van der Waals surface area contributed by atoms with Gasteiger partial charge in [0, 0.05) is 19.1 Å². The molecule has 1 atom stereocenters. The minimum atomic E-state index is -3.20. The minimum Gasteiger partial charge on any atom is -0.351 e. The van der Waals surface area contributed by atoms with Crippen molar-refractivity contribution in [2.75, 3.05) is 25.9 Å². The van der Waals surface area contributed by atoms with E-state index in [0.717, 1.165) is 37.6 Å². The number of nitrogens with zero attached hydrogens (tertiary/aromatic N) is 1. The molecule has 1 fully saturated rings. The molecule has 0 aliphatic carbocycles. The number of rotatable bonds is 7. The fourth-order valence-corrected chi connectivity index (χ4v) is 3.28. The summed E-state index contributed by atoms with van der Waals surface area (Å²) in [6.07, 6.45) is 4.18. The number of carbonyl (C=O) groups excluding carboxylic acids is 1. The van der Waals surface area contributed by atoms with E-state index in [2.05, 4.69) is 14.9 Å². The van der Waals surface area contributed by atoms with Crippen LogP contribution in [0.4, 0.5) is 0 Å². The number of piperidine rings is 1. The Morgan fingerprint density at radius 2 is 2.00 bits per heavy atom. The van der Waals surface area contributed by atoms with Gasteiger partial charge < -0.3 is 5.32 Å². The van der Waals surface area contributed by atoms with Crippen LogP contribution in [-0.2, 0) is 21.4 Å². The highest BCUT2D eigenvalue weighted by Gasteiger charge is 2.24. The van der Waals surface area contributed by atoms with Crippen LogP contribution in [0.1, 0.15) is 24.8 Å². The lowest BCUT2D eigenvalue weighted by molar-refractivity contribution is -0.123. The summed E-state index contributed by atoms with van der Waals surface area (Å²) in [4.78, 5) is 14.2. The van der Waals surface area contributed by atoms with Gasteiger partial charge in [0.2, 0.25) is 15.9 Å². The quantitative estimate of drug-likeness (QED) is 0.767. The van der Waals surface area contributed by atoms with E-state index in [4.69, 9.17) is 0 Å². The molecule has 2 rings (SSSR count). The molecule has 1 saturated heterocycles. The smallest absolute Gasteiger partial charge is 0.234 e. The van der Waals surface area contributed by atoms with Crippen LogP contribution in [0.5, 0.6) is 0 Å². The molecule has 7 heteroatoms. The molecule has 1 amide bonds. The average molecular weight is 339 g/mol. The molecule has 6 nitrogen and oxygen atoms in total. The number of hydrogen-bond acceptors (Lipinski definition) is 4. The van der Waals surface area contributed by atoms with E-state index in [1.807, 2.05) is 30.3 Å². The zero-order valence-electron chi connectivity index (χ0n) is 13.5. The van der Waals surface area contributed by atoms with Crippen molar-refractivity contribution in [3.63, 3.8) is 0 Å². The van der Waals surface area contributed by atoms with Crippen LogP contribution in [0.15, 0.2) is 30.3 Å². The maximum absolute atomic E-state index is 12.1. The van der Waals surface area contributed by atoms with Crippen LogP contribution in [0.3, 0.4) is 0 Å². The number of benzene rings is 1. The van der Waals surface area contributed by atoms with Gasteiger partial charge in [0.15, 0.2) is 0 Å². The summed E-state index contributed by atoms with van der Waals surface area (Å²) >= 11 is 0. The molecule has 1 aromatic rings. The van der Waals surface area contributed by atoms with E-state index in [1.165, 1.54) is 0 Å². The molecular formula is C16H25N3O3S. The van der Waals surface area contributed by atoms with Crippen molar-refractivity contribution in [1.82, 2.24) is 14.9 Å². The molecule has 0 saturated carbocycles.